The standard InChI is InChI=1S/C42H63FN4O6S/c1-9-28(4)38(46(6)41(51)32(27(2)3)24-36(49)42(43)17-18-44-26-42)35(52-7)25-37(50)47-20-13-16-33(47)39(53-8)29(5)34(48)23-31(40-45-19-21-54-40)22-30-14-11-10-12-15-30/h10-12,14-15,19,21,27-29,31-33,35,38-39,44H,9,13,16-18,20,22-26H2,1-8H3/t28-,29-,31+,32-,33-,35+,38-,39+,42-/m0/s1. The van der Waals surface area contributed by atoms with E-state index in [9.17, 15) is 19.2 Å². The molecule has 0 unspecified atom stereocenters. The van der Waals surface area contributed by atoms with Crippen LogP contribution in [0, 0.1) is 23.7 Å². The zero-order chi connectivity index (χ0) is 39.6. The van der Waals surface area contributed by atoms with Gasteiger partial charge in [-0.15, -0.1) is 11.3 Å². The average molecular weight is 771 g/mol. The normalized spacial score (nSPS) is 22.7. The number of ether oxygens (including phenoxy) is 2. The molecule has 0 radical (unpaired) electrons. The minimum absolute atomic E-state index is 0.0280. The van der Waals surface area contributed by atoms with E-state index < -0.39 is 41.5 Å². The minimum Gasteiger partial charge on any atom is -0.379 e. The molecule has 2 saturated heterocycles. The number of ketones is 2. The number of amides is 2. The van der Waals surface area contributed by atoms with Crippen molar-refractivity contribution >= 4 is 34.7 Å². The van der Waals surface area contributed by atoms with E-state index >= 15 is 4.39 Å². The van der Waals surface area contributed by atoms with Gasteiger partial charge in [0.25, 0.3) is 0 Å². The minimum atomic E-state index is -1.96. The summed E-state index contributed by atoms with van der Waals surface area (Å²) >= 11 is 1.56. The molecule has 0 saturated carbocycles. The predicted octanol–water partition coefficient (Wildman–Crippen LogP) is 6.28. The smallest absolute Gasteiger partial charge is 0.226 e. The van der Waals surface area contributed by atoms with Crippen molar-refractivity contribution in [1.29, 1.82) is 0 Å². The fourth-order valence-corrected chi connectivity index (χ4v) is 9.24. The third-order valence-corrected chi connectivity index (χ3v) is 13.0. The molecule has 1 aromatic carbocycles. The van der Waals surface area contributed by atoms with E-state index in [2.05, 4.69) is 22.4 Å². The Morgan fingerprint density at radius 3 is 2.37 bits per heavy atom. The van der Waals surface area contributed by atoms with Crippen molar-refractivity contribution in [3.05, 3.63) is 52.5 Å². The van der Waals surface area contributed by atoms with Gasteiger partial charge in [0, 0.05) is 82.9 Å². The second-order valence-electron chi connectivity index (χ2n) is 15.9. The Kier molecular flexibility index (Phi) is 16.3. The predicted molar refractivity (Wildman–Crippen MR) is 210 cm³/mol. The number of carbonyl (C=O) groups excluding carboxylic acids is 4. The SMILES string of the molecule is CC[C@H](C)[C@@H]([C@@H](CC(=O)N1CCC[C@H]1[C@H](OC)[C@@H](C)C(=O)C[C@@H](Cc1ccccc1)c1nccs1)OC)N(C)C(=O)[C@@H](CC(=O)[C@]1(F)CCNC1)C(C)C. The lowest BCUT2D eigenvalue weighted by Gasteiger charge is -2.41. The summed E-state index contributed by atoms with van der Waals surface area (Å²) in [5.74, 6) is -2.29. The molecule has 2 amide bonds. The molecule has 300 valence electrons. The van der Waals surface area contributed by atoms with Gasteiger partial charge < -0.3 is 24.6 Å². The molecule has 1 aromatic heterocycles. The third-order valence-electron chi connectivity index (χ3n) is 12.1. The lowest BCUT2D eigenvalue weighted by molar-refractivity contribution is -0.149. The van der Waals surface area contributed by atoms with Crippen LogP contribution in [0.1, 0.15) is 96.1 Å². The van der Waals surface area contributed by atoms with Crippen molar-refractivity contribution in [3.63, 3.8) is 0 Å². The number of benzene rings is 1. The first-order valence-corrected chi connectivity index (χ1v) is 20.6. The maximum Gasteiger partial charge on any atom is 0.226 e. The van der Waals surface area contributed by atoms with E-state index in [1.807, 2.05) is 63.1 Å². The first kappa shape index (κ1) is 43.7. The van der Waals surface area contributed by atoms with E-state index in [-0.39, 0.29) is 67.2 Å². The Balaban J connectivity index is 1.47. The van der Waals surface area contributed by atoms with Crippen LogP contribution in [0.25, 0.3) is 0 Å². The second kappa shape index (κ2) is 20.2. The molecule has 2 aliphatic rings. The van der Waals surface area contributed by atoms with Crippen LogP contribution in [0.4, 0.5) is 4.39 Å². The van der Waals surface area contributed by atoms with Crippen LogP contribution in [0.5, 0.6) is 0 Å². The number of likely N-dealkylation sites (N-methyl/N-ethyl adjacent to an activating group) is 1. The number of aromatic nitrogens is 1. The van der Waals surface area contributed by atoms with Gasteiger partial charge in [-0.2, -0.15) is 0 Å². The summed E-state index contributed by atoms with van der Waals surface area (Å²) in [6.07, 6.45) is 3.86. The maximum absolute atomic E-state index is 15.4. The molecule has 0 aliphatic carbocycles. The largest absolute Gasteiger partial charge is 0.379 e. The van der Waals surface area contributed by atoms with Crippen molar-refractivity contribution in [2.75, 3.05) is 40.9 Å². The molecule has 4 rings (SSSR count). The van der Waals surface area contributed by atoms with Crippen molar-refractivity contribution in [2.24, 2.45) is 23.7 Å². The highest BCUT2D eigenvalue weighted by atomic mass is 32.1. The van der Waals surface area contributed by atoms with E-state index in [0.29, 0.717) is 32.4 Å². The summed E-state index contributed by atoms with van der Waals surface area (Å²) < 4.78 is 27.5. The van der Waals surface area contributed by atoms with Crippen LogP contribution in [0.3, 0.4) is 0 Å². The first-order chi connectivity index (χ1) is 25.8. The Bertz CT molecular complexity index is 1500. The number of Topliss-reactive ketones (excluding diaryl/α,β-unsaturated/α-hetero) is 2. The lowest BCUT2D eigenvalue weighted by atomic mass is 9.83. The summed E-state index contributed by atoms with van der Waals surface area (Å²) in [6, 6.07) is 9.37. The van der Waals surface area contributed by atoms with Crippen molar-refractivity contribution in [3.8, 4) is 0 Å². The highest BCUT2D eigenvalue weighted by Crippen LogP contribution is 2.34. The number of halogens is 1. The molecule has 1 N–H and O–H groups in total. The fourth-order valence-electron chi connectivity index (χ4n) is 8.50. The first-order valence-electron chi connectivity index (χ1n) is 19.8. The number of nitrogens with one attached hydrogen (secondary N) is 1. The number of nitrogens with zero attached hydrogens (tertiary/aromatic N) is 3. The number of alkyl halides is 1. The topological polar surface area (TPSA) is 118 Å². The third kappa shape index (κ3) is 10.6. The molecule has 2 aliphatic heterocycles. The molecule has 0 spiro atoms. The monoisotopic (exact) mass is 770 g/mol. The fraction of sp³-hybridized carbons (Fsp3) is 0.690. The summed E-state index contributed by atoms with van der Waals surface area (Å²) in [6.45, 7) is 10.7. The molecular weight excluding hydrogens is 708 g/mol. The molecular formula is C42H63FN4O6S. The van der Waals surface area contributed by atoms with Crippen molar-refractivity contribution in [2.45, 2.75) is 122 Å². The van der Waals surface area contributed by atoms with Gasteiger partial charge in [-0.1, -0.05) is 71.4 Å². The Morgan fingerprint density at radius 2 is 1.80 bits per heavy atom. The number of likely N-dealkylation sites (tertiary alicyclic amines) is 1. The van der Waals surface area contributed by atoms with Crippen LogP contribution in [0.15, 0.2) is 41.9 Å². The second-order valence-corrected chi connectivity index (χ2v) is 16.8. The van der Waals surface area contributed by atoms with Gasteiger partial charge in [0.05, 0.1) is 35.7 Å². The molecule has 54 heavy (non-hydrogen) atoms. The highest BCUT2D eigenvalue weighted by Gasteiger charge is 2.46. The Hall–Kier alpha value is -3.06. The van der Waals surface area contributed by atoms with Crippen LogP contribution < -0.4 is 5.32 Å². The molecule has 3 heterocycles. The number of hydrogen-bond donors (Lipinski definition) is 1. The number of thiazole rings is 1. The number of carbonyl (C=O) groups is 4. The zero-order valence-electron chi connectivity index (χ0n) is 33.6. The van der Waals surface area contributed by atoms with Crippen LogP contribution >= 0.6 is 11.3 Å². The number of hydrogen-bond acceptors (Lipinski definition) is 9. The Labute approximate surface area is 325 Å². The summed E-state index contributed by atoms with van der Waals surface area (Å²) in [4.78, 5) is 63.6. The van der Waals surface area contributed by atoms with Crippen molar-refractivity contribution in [1.82, 2.24) is 20.1 Å². The average Bonchev–Trinajstić information content (AvgIpc) is 3.97. The van der Waals surface area contributed by atoms with Crippen LogP contribution in [0.2, 0.25) is 0 Å². The molecule has 9 atom stereocenters. The highest BCUT2D eigenvalue weighted by molar-refractivity contribution is 7.09. The van der Waals surface area contributed by atoms with Gasteiger partial charge in [0.15, 0.2) is 11.5 Å². The zero-order valence-corrected chi connectivity index (χ0v) is 34.4. The quantitative estimate of drug-likeness (QED) is 0.158. The molecule has 10 nitrogen and oxygen atoms in total. The van der Waals surface area contributed by atoms with E-state index in [1.54, 1.807) is 43.7 Å². The van der Waals surface area contributed by atoms with Gasteiger partial charge in [-0.05, 0) is 43.2 Å². The summed E-state index contributed by atoms with van der Waals surface area (Å²) in [5, 5.41) is 5.80. The van der Waals surface area contributed by atoms with E-state index in [0.717, 1.165) is 23.4 Å². The maximum atomic E-state index is 15.4. The molecule has 12 heteroatoms. The van der Waals surface area contributed by atoms with Gasteiger partial charge in [-0.25, -0.2) is 9.37 Å². The molecule has 0 bridgehead atoms. The lowest BCUT2D eigenvalue weighted by Crippen LogP contribution is -2.54. The van der Waals surface area contributed by atoms with E-state index in [1.165, 1.54) is 0 Å². The molecule has 2 aromatic rings. The summed E-state index contributed by atoms with van der Waals surface area (Å²) in [7, 11) is 4.88. The van der Waals surface area contributed by atoms with Crippen molar-refractivity contribution < 1.29 is 33.0 Å². The summed E-state index contributed by atoms with van der Waals surface area (Å²) in [5.41, 5.74) is -0.809. The number of methoxy groups -OCH3 is 2. The van der Waals surface area contributed by atoms with Gasteiger partial charge in [-0.3, -0.25) is 19.2 Å². The Morgan fingerprint density at radius 1 is 1.07 bits per heavy atom. The van der Waals surface area contributed by atoms with Gasteiger partial charge >= 0.3 is 0 Å². The number of rotatable bonds is 21. The van der Waals surface area contributed by atoms with Crippen LogP contribution in [-0.2, 0) is 35.1 Å². The van der Waals surface area contributed by atoms with E-state index in [4.69, 9.17) is 9.47 Å². The molecule has 2 fully saturated rings. The van der Waals surface area contributed by atoms with Gasteiger partial charge in [0.2, 0.25) is 11.8 Å². The van der Waals surface area contributed by atoms with Gasteiger partial charge in [0.1, 0.15) is 5.78 Å². The van der Waals surface area contributed by atoms with Crippen LogP contribution in [-0.4, -0.2) is 109 Å².